The van der Waals surface area contributed by atoms with Crippen LogP contribution in [0.4, 0.5) is 0 Å². The van der Waals surface area contributed by atoms with Gasteiger partial charge in [-0.2, -0.15) is 0 Å². The Balaban J connectivity index is 1.22. The Labute approximate surface area is 242 Å². The molecule has 4 heterocycles. The molecule has 1 aliphatic heterocycles. The van der Waals surface area contributed by atoms with Gasteiger partial charge < -0.3 is 5.32 Å². The van der Waals surface area contributed by atoms with Gasteiger partial charge in [-0.05, 0) is 67.7 Å². The molecule has 7 aromatic rings. The van der Waals surface area contributed by atoms with Gasteiger partial charge >= 0.3 is 0 Å². The highest BCUT2D eigenvalue weighted by molar-refractivity contribution is 6.26. The molecule has 0 saturated heterocycles. The number of nitrogens with zero attached hydrogens (tertiary/aromatic N) is 5. The molecular formula is C36H24N6. The molecule has 0 spiro atoms. The van der Waals surface area contributed by atoms with Crippen LogP contribution in [0, 0.1) is 0 Å². The second kappa shape index (κ2) is 10.0. The van der Waals surface area contributed by atoms with E-state index < -0.39 is 0 Å². The van der Waals surface area contributed by atoms with Crippen LogP contribution in [0.25, 0.3) is 71.5 Å². The summed E-state index contributed by atoms with van der Waals surface area (Å²) in [5.74, 6) is 0. The van der Waals surface area contributed by atoms with Gasteiger partial charge in [0.1, 0.15) is 6.33 Å². The molecule has 0 aliphatic carbocycles. The molecule has 1 aliphatic rings. The molecule has 0 bridgehead atoms. The van der Waals surface area contributed by atoms with Crippen molar-refractivity contribution in [3.05, 3.63) is 128 Å². The molecule has 0 unspecified atom stereocenters. The van der Waals surface area contributed by atoms with E-state index in [1.54, 1.807) is 18.7 Å². The molecule has 0 amide bonds. The molecule has 42 heavy (non-hydrogen) atoms. The second-order valence-electron chi connectivity index (χ2n) is 10.4. The van der Waals surface area contributed by atoms with Crippen molar-refractivity contribution < 1.29 is 0 Å². The molecular weight excluding hydrogens is 516 g/mol. The summed E-state index contributed by atoms with van der Waals surface area (Å²) >= 11 is 0. The summed E-state index contributed by atoms with van der Waals surface area (Å²) in [6, 6.07) is 30.3. The van der Waals surface area contributed by atoms with Crippen LogP contribution in [0.2, 0.25) is 0 Å². The van der Waals surface area contributed by atoms with Crippen molar-refractivity contribution in [1.29, 1.82) is 0 Å². The number of benzene rings is 4. The van der Waals surface area contributed by atoms with E-state index in [4.69, 9.17) is 9.97 Å². The number of aromatic nitrogens is 4. The lowest BCUT2D eigenvalue weighted by Crippen LogP contribution is -2.16. The molecule has 0 atom stereocenters. The van der Waals surface area contributed by atoms with Crippen molar-refractivity contribution >= 4 is 44.2 Å². The van der Waals surface area contributed by atoms with Crippen molar-refractivity contribution in [2.45, 2.75) is 0 Å². The van der Waals surface area contributed by atoms with E-state index in [-0.39, 0.29) is 0 Å². The van der Waals surface area contributed by atoms with E-state index in [1.807, 2.05) is 18.6 Å². The zero-order chi connectivity index (χ0) is 27.9. The number of nitrogens with one attached hydrogen (secondary N) is 1. The molecule has 0 fully saturated rings. The lowest BCUT2D eigenvalue weighted by atomic mass is 9.91. The van der Waals surface area contributed by atoms with Gasteiger partial charge in [0.05, 0.1) is 17.7 Å². The third-order valence-electron chi connectivity index (χ3n) is 7.91. The molecule has 0 saturated carbocycles. The third-order valence-corrected chi connectivity index (χ3v) is 7.91. The first kappa shape index (κ1) is 24.1. The molecule has 6 nitrogen and oxygen atoms in total. The number of hydrogen-bond acceptors (Lipinski definition) is 6. The summed E-state index contributed by atoms with van der Waals surface area (Å²) in [6.07, 6.45) is 12.6. The number of pyridine rings is 2. The maximum atomic E-state index is 4.81. The summed E-state index contributed by atoms with van der Waals surface area (Å²) in [4.78, 5) is 22.0. The van der Waals surface area contributed by atoms with Crippen molar-refractivity contribution in [3.8, 4) is 33.6 Å². The number of rotatable bonds is 4. The lowest BCUT2D eigenvalue weighted by molar-refractivity contribution is 1.05. The maximum absolute atomic E-state index is 4.81. The molecule has 3 aromatic heterocycles. The monoisotopic (exact) mass is 540 g/mol. The van der Waals surface area contributed by atoms with Crippen molar-refractivity contribution in [3.63, 3.8) is 0 Å². The van der Waals surface area contributed by atoms with Gasteiger partial charge in [0.15, 0.2) is 0 Å². The largest absolute Gasteiger partial charge is 0.372 e. The van der Waals surface area contributed by atoms with Gasteiger partial charge in [0.25, 0.3) is 0 Å². The van der Waals surface area contributed by atoms with Crippen molar-refractivity contribution in [2.24, 2.45) is 4.99 Å². The fraction of sp³-hybridized carbons (Fsp3) is 0.0278. The van der Waals surface area contributed by atoms with E-state index in [1.165, 1.54) is 38.6 Å². The first-order valence-corrected chi connectivity index (χ1v) is 13.8. The Morgan fingerprint density at radius 2 is 1.07 bits per heavy atom. The Morgan fingerprint density at radius 1 is 0.500 bits per heavy atom. The Hall–Kier alpha value is -5.75. The van der Waals surface area contributed by atoms with E-state index in [0.717, 1.165) is 51.3 Å². The standard InChI is InChI=1S/C36H24N6/c1-2-4-30-29(3-1)33-13-23(35-11-7-25(19-41-35)27-15-37-21-38-16-27)5-9-31(33)32-10-6-24(14-34(30)32)36-12-8-26(20-42-36)28-17-39-22-40-18-28/h1-17,19-22H,18H2,(H,39,40). The minimum absolute atomic E-state index is 0.756. The highest BCUT2D eigenvalue weighted by Gasteiger charge is 2.13. The first-order chi connectivity index (χ1) is 20.8. The number of hydrogen-bond donors (Lipinski definition) is 1. The first-order valence-electron chi connectivity index (χ1n) is 13.8. The van der Waals surface area contributed by atoms with E-state index >= 15 is 0 Å². The van der Waals surface area contributed by atoms with Gasteiger partial charge in [0.2, 0.25) is 0 Å². The predicted octanol–water partition coefficient (Wildman–Crippen LogP) is 7.70. The zero-order valence-electron chi connectivity index (χ0n) is 22.6. The van der Waals surface area contributed by atoms with Crippen LogP contribution >= 0.6 is 0 Å². The summed E-state index contributed by atoms with van der Waals surface area (Å²) in [5.41, 5.74) is 8.20. The second-order valence-corrected chi connectivity index (χ2v) is 10.4. The smallest absolute Gasteiger partial charge is 0.115 e. The van der Waals surface area contributed by atoms with Crippen LogP contribution in [-0.2, 0) is 0 Å². The van der Waals surface area contributed by atoms with E-state index in [2.05, 4.69) is 105 Å². The van der Waals surface area contributed by atoms with E-state index in [0.29, 0.717) is 0 Å². The van der Waals surface area contributed by atoms with Crippen LogP contribution in [0.3, 0.4) is 0 Å². The summed E-state index contributed by atoms with van der Waals surface area (Å²) in [6.45, 7) is 0.756. The molecule has 6 heteroatoms. The number of aliphatic imine (C=N–C) groups is 1. The van der Waals surface area contributed by atoms with Crippen LogP contribution in [0.15, 0.2) is 127 Å². The molecule has 4 aromatic carbocycles. The molecule has 1 N–H and O–H groups in total. The topological polar surface area (TPSA) is 76.0 Å². The molecule has 0 radical (unpaired) electrons. The summed E-state index contributed by atoms with van der Waals surface area (Å²) in [5, 5.41) is 10.5. The van der Waals surface area contributed by atoms with E-state index in [9.17, 15) is 0 Å². The maximum Gasteiger partial charge on any atom is 0.115 e. The third kappa shape index (κ3) is 4.17. The highest BCUT2D eigenvalue weighted by atomic mass is 15.0. The predicted molar refractivity (Wildman–Crippen MR) is 171 cm³/mol. The minimum Gasteiger partial charge on any atom is -0.372 e. The normalized spacial score (nSPS) is 12.9. The average Bonchev–Trinajstić information content (AvgIpc) is 3.09. The Kier molecular flexibility index (Phi) is 5.74. The Bertz CT molecular complexity index is 2150. The summed E-state index contributed by atoms with van der Waals surface area (Å²) in [7, 11) is 0. The van der Waals surface area contributed by atoms with Crippen LogP contribution < -0.4 is 5.32 Å². The quantitative estimate of drug-likeness (QED) is 0.232. The van der Waals surface area contributed by atoms with Crippen LogP contribution in [0.5, 0.6) is 0 Å². The number of fused-ring (bicyclic) bond motifs is 6. The fourth-order valence-corrected chi connectivity index (χ4v) is 5.77. The Morgan fingerprint density at radius 3 is 1.62 bits per heavy atom. The minimum atomic E-state index is 0.756. The average molecular weight is 541 g/mol. The highest BCUT2D eigenvalue weighted by Crippen LogP contribution is 2.38. The van der Waals surface area contributed by atoms with Gasteiger partial charge in [0, 0.05) is 59.8 Å². The molecule has 198 valence electrons. The molecule has 8 rings (SSSR count). The summed E-state index contributed by atoms with van der Waals surface area (Å²) < 4.78 is 0. The van der Waals surface area contributed by atoms with Crippen LogP contribution in [0.1, 0.15) is 5.56 Å². The van der Waals surface area contributed by atoms with Crippen molar-refractivity contribution in [1.82, 2.24) is 25.3 Å². The van der Waals surface area contributed by atoms with Gasteiger partial charge in [-0.15, -0.1) is 0 Å². The fourth-order valence-electron chi connectivity index (χ4n) is 5.77. The van der Waals surface area contributed by atoms with Gasteiger partial charge in [-0.3, -0.25) is 9.97 Å². The van der Waals surface area contributed by atoms with Crippen molar-refractivity contribution in [2.75, 3.05) is 6.54 Å². The van der Waals surface area contributed by atoms with Gasteiger partial charge in [-0.25, -0.2) is 15.0 Å². The SMILES string of the molecule is C1=NC=C(c2ccc(-c3ccc4c5ccc(-c6ccc(-c7cncnc7)cn6)cc5c5ccccc5c4c3)nc2)CN1. The zero-order valence-corrected chi connectivity index (χ0v) is 22.6. The lowest BCUT2D eigenvalue weighted by Gasteiger charge is -2.14. The van der Waals surface area contributed by atoms with Crippen LogP contribution in [-0.4, -0.2) is 32.8 Å². The van der Waals surface area contributed by atoms with Gasteiger partial charge in [-0.1, -0.05) is 60.7 Å².